The number of hydrogen-bond donors (Lipinski definition) is 2. The van der Waals surface area contributed by atoms with Crippen molar-refractivity contribution in [3.05, 3.63) is 114 Å². The van der Waals surface area contributed by atoms with E-state index in [4.69, 9.17) is 11.6 Å². The molecule has 0 atom stereocenters. The molecule has 0 radical (unpaired) electrons. The van der Waals surface area contributed by atoms with E-state index in [2.05, 4.69) is 35.6 Å². The Morgan fingerprint density at radius 1 is 1.10 bits per heavy atom. The summed E-state index contributed by atoms with van der Waals surface area (Å²) in [4.78, 5) is 38.3. The number of imidazole rings is 1. The highest BCUT2D eigenvalue weighted by molar-refractivity contribution is 9.10. The average Bonchev–Trinajstić information content (AvgIpc) is 3.69. The molecule has 0 bridgehead atoms. The molecule has 1 aliphatic rings. The number of nitrogens with one attached hydrogen (secondary N) is 2. The summed E-state index contributed by atoms with van der Waals surface area (Å²) in [7, 11) is -3.90. The first kappa shape index (κ1) is 28.3. The first-order valence-electron chi connectivity index (χ1n) is 13.0. The van der Waals surface area contributed by atoms with Crippen molar-refractivity contribution in [2.45, 2.75) is 37.2 Å². The van der Waals surface area contributed by atoms with Crippen LogP contribution in [0.1, 0.15) is 29.8 Å². The van der Waals surface area contributed by atoms with Crippen LogP contribution in [0.5, 0.6) is 0 Å². The number of nitrogens with zero attached hydrogens (tertiary/aromatic N) is 4. The highest BCUT2D eigenvalue weighted by Crippen LogP contribution is 2.31. The minimum Gasteiger partial charge on any atom is -0.336 e. The summed E-state index contributed by atoms with van der Waals surface area (Å²) in [5, 5.41) is 0.150. The molecule has 2 aromatic carbocycles. The number of H-pyrrole nitrogens is 1. The van der Waals surface area contributed by atoms with Crippen LogP contribution in [0.3, 0.4) is 0 Å². The quantitative estimate of drug-likeness (QED) is 0.219. The predicted octanol–water partition coefficient (Wildman–Crippen LogP) is 4.69. The lowest BCUT2D eigenvalue weighted by Crippen LogP contribution is -2.40. The van der Waals surface area contributed by atoms with Gasteiger partial charge < -0.3 is 4.98 Å². The van der Waals surface area contributed by atoms with E-state index in [1.165, 1.54) is 22.9 Å². The second-order valence-electron chi connectivity index (χ2n) is 10.1. The Labute approximate surface area is 252 Å². The Hall–Kier alpha value is -3.81. The summed E-state index contributed by atoms with van der Waals surface area (Å²) < 4.78 is 45.3. The fraction of sp³-hybridized carbons (Fsp3) is 0.214. The largest absolute Gasteiger partial charge is 0.336 e. The molecule has 3 aromatic heterocycles. The second kappa shape index (κ2) is 11.1. The molecule has 1 aliphatic carbocycles. The zero-order valence-electron chi connectivity index (χ0n) is 21.9. The Balaban J connectivity index is 1.28. The summed E-state index contributed by atoms with van der Waals surface area (Å²) in [5.41, 5.74) is 0.707. The molecular formula is C28H23BrClFN6O4S. The summed E-state index contributed by atoms with van der Waals surface area (Å²) in [6.07, 6.45) is 3.43. The first-order chi connectivity index (χ1) is 20.1. The summed E-state index contributed by atoms with van der Waals surface area (Å²) in [6.45, 7) is 0.228. The Kier molecular flexibility index (Phi) is 7.50. The molecule has 1 fully saturated rings. The van der Waals surface area contributed by atoms with Crippen LogP contribution in [-0.2, 0) is 29.5 Å². The maximum atomic E-state index is 14.4. The first-order valence-corrected chi connectivity index (χ1v) is 15.6. The van der Waals surface area contributed by atoms with Crippen LogP contribution in [0.25, 0.3) is 11.2 Å². The molecule has 5 aromatic rings. The summed E-state index contributed by atoms with van der Waals surface area (Å²) in [6, 6.07) is 14.1. The van der Waals surface area contributed by atoms with E-state index in [1.54, 1.807) is 42.5 Å². The molecule has 0 unspecified atom stereocenters. The molecule has 1 saturated carbocycles. The maximum Gasteiger partial charge on any atom is 0.333 e. The lowest BCUT2D eigenvalue weighted by Gasteiger charge is -2.11. The Bertz CT molecular complexity index is 2060. The van der Waals surface area contributed by atoms with Crippen LogP contribution in [-0.4, -0.2) is 32.5 Å². The van der Waals surface area contributed by atoms with Gasteiger partial charge in [-0.2, -0.15) is 0 Å². The number of aromatic amines is 1. The Morgan fingerprint density at radius 3 is 2.52 bits per heavy atom. The fourth-order valence-corrected chi connectivity index (χ4v) is 6.24. The highest BCUT2D eigenvalue weighted by atomic mass is 79.9. The third kappa shape index (κ3) is 5.76. The second-order valence-corrected chi connectivity index (χ2v) is 13.0. The minimum atomic E-state index is -3.90. The van der Waals surface area contributed by atoms with Crippen LogP contribution >= 0.6 is 27.5 Å². The van der Waals surface area contributed by atoms with Crippen molar-refractivity contribution < 1.29 is 12.8 Å². The van der Waals surface area contributed by atoms with Crippen molar-refractivity contribution in [2.24, 2.45) is 5.92 Å². The minimum absolute atomic E-state index is 0.0527. The lowest BCUT2D eigenvalue weighted by atomic mass is 10.1. The van der Waals surface area contributed by atoms with Crippen LogP contribution in [0.15, 0.2) is 79.8 Å². The van der Waals surface area contributed by atoms with Gasteiger partial charge in [0.05, 0.1) is 11.0 Å². The molecule has 10 nitrogen and oxygen atoms in total. The normalized spacial score (nSPS) is 13.5. The standard InChI is InChI=1S/C28H23BrClFN6O4S/c29-21-12-20(13-32-25(21)30)42(40,41)35-19-9-7-16(8-10-19)11-23-33-24-26(34-23)36(14-17-5-6-17)28(39)37(27(24)38)15-18-3-1-2-4-22(18)31/h1-4,7-10,12-13,17,35H,5-6,11,14-15H2,(H,33,34). The number of halogens is 3. The number of pyridine rings is 1. The molecule has 14 heteroatoms. The Morgan fingerprint density at radius 2 is 1.83 bits per heavy atom. The number of hydrogen-bond acceptors (Lipinski definition) is 6. The third-order valence-electron chi connectivity index (χ3n) is 6.99. The van der Waals surface area contributed by atoms with E-state index in [0.717, 1.165) is 23.0 Å². The van der Waals surface area contributed by atoms with E-state index in [1.807, 2.05) is 0 Å². The summed E-state index contributed by atoms with van der Waals surface area (Å²) in [5.74, 6) is 0.290. The predicted molar refractivity (Wildman–Crippen MR) is 160 cm³/mol. The van der Waals surface area contributed by atoms with Gasteiger partial charge in [-0.25, -0.2) is 27.6 Å². The lowest BCUT2D eigenvalue weighted by molar-refractivity contribution is 0.548. The van der Waals surface area contributed by atoms with E-state index < -0.39 is 27.1 Å². The molecule has 0 spiro atoms. The van der Waals surface area contributed by atoms with Gasteiger partial charge in [0.15, 0.2) is 5.65 Å². The maximum absolute atomic E-state index is 14.4. The van der Waals surface area contributed by atoms with E-state index >= 15 is 0 Å². The summed E-state index contributed by atoms with van der Waals surface area (Å²) >= 11 is 9.04. The number of benzene rings is 2. The third-order valence-corrected chi connectivity index (χ3v) is 9.48. The van der Waals surface area contributed by atoms with Crippen molar-refractivity contribution in [1.82, 2.24) is 24.1 Å². The average molecular weight is 674 g/mol. The molecule has 6 rings (SSSR count). The highest BCUT2D eigenvalue weighted by Gasteiger charge is 2.26. The van der Waals surface area contributed by atoms with Gasteiger partial charge in [0.2, 0.25) is 0 Å². The molecule has 0 aliphatic heterocycles. The molecular weight excluding hydrogens is 651 g/mol. The smallest absolute Gasteiger partial charge is 0.333 e. The van der Waals surface area contributed by atoms with E-state index in [9.17, 15) is 22.4 Å². The molecule has 216 valence electrons. The number of sulfonamides is 1. The number of anilines is 1. The van der Waals surface area contributed by atoms with Gasteiger partial charge in [-0.1, -0.05) is 41.9 Å². The van der Waals surface area contributed by atoms with Gasteiger partial charge in [-0.15, -0.1) is 0 Å². The van der Waals surface area contributed by atoms with Gasteiger partial charge in [0.25, 0.3) is 15.6 Å². The van der Waals surface area contributed by atoms with E-state index in [0.29, 0.717) is 34.9 Å². The van der Waals surface area contributed by atoms with Crippen molar-refractivity contribution in [3.63, 3.8) is 0 Å². The fourth-order valence-electron chi connectivity index (χ4n) is 4.61. The van der Waals surface area contributed by atoms with Crippen LogP contribution < -0.4 is 16.0 Å². The van der Waals surface area contributed by atoms with Crippen LogP contribution in [0.4, 0.5) is 10.1 Å². The van der Waals surface area contributed by atoms with Crippen molar-refractivity contribution in [1.29, 1.82) is 0 Å². The number of fused-ring (bicyclic) bond motifs is 1. The molecule has 2 N–H and O–H groups in total. The zero-order valence-corrected chi connectivity index (χ0v) is 25.0. The van der Waals surface area contributed by atoms with Crippen molar-refractivity contribution in [2.75, 3.05) is 4.72 Å². The van der Waals surface area contributed by atoms with Crippen molar-refractivity contribution in [3.8, 4) is 0 Å². The van der Waals surface area contributed by atoms with Gasteiger partial charge in [-0.3, -0.25) is 18.7 Å². The molecule has 42 heavy (non-hydrogen) atoms. The van der Waals surface area contributed by atoms with Gasteiger partial charge in [0.1, 0.15) is 27.2 Å². The number of aromatic nitrogens is 5. The van der Waals surface area contributed by atoms with Crippen molar-refractivity contribution >= 4 is 54.4 Å². The van der Waals surface area contributed by atoms with Gasteiger partial charge in [0, 0.05) is 30.4 Å². The monoisotopic (exact) mass is 672 g/mol. The van der Waals surface area contributed by atoms with Crippen LogP contribution in [0, 0.1) is 11.7 Å². The molecule has 0 amide bonds. The number of rotatable bonds is 9. The van der Waals surface area contributed by atoms with E-state index in [-0.39, 0.29) is 33.3 Å². The van der Waals surface area contributed by atoms with Gasteiger partial charge in [-0.05, 0) is 64.5 Å². The molecule has 0 saturated heterocycles. The topological polar surface area (TPSA) is 132 Å². The van der Waals surface area contributed by atoms with Gasteiger partial charge >= 0.3 is 5.69 Å². The van der Waals surface area contributed by atoms with Crippen LogP contribution in [0.2, 0.25) is 5.15 Å². The zero-order chi connectivity index (χ0) is 29.6. The SMILES string of the molecule is O=c1c2[nH]c(Cc3ccc(NS(=O)(=O)c4cnc(Cl)c(Br)c4)cc3)nc2n(CC2CC2)c(=O)n1Cc1ccccc1F. The molecule has 3 heterocycles.